The number of carbonyl (C=O) groups excluding carboxylic acids is 2. The summed E-state index contributed by atoms with van der Waals surface area (Å²) >= 11 is 12.5. The summed E-state index contributed by atoms with van der Waals surface area (Å²) in [5, 5.41) is 19.5. The molecule has 2 heterocycles. The summed E-state index contributed by atoms with van der Waals surface area (Å²) in [6, 6.07) is 0.292. The highest BCUT2D eigenvalue weighted by Crippen LogP contribution is 2.54. The molecule has 1 aromatic heterocycles. The molecule has 3 N–H and O–H groups in total. The summed E-state index contributed by atoms with van der Waals surface area (Å²) in [5.74, 6) is -1.76. The van der Waals surface area contributed by atoms with Gasteiger partial charge in [0.05, 0.1) is 27.1 Å². The van der Waals surface area contributed by atoms with Crippen LogP contribution in [0.2, 0.25) is 10.0 Å². The number of hydrogen-bond acceptors (Lipinski definition) is 6. The Balaban J connectivity index is 2.20. The zero-order valence-electron chi connectivity index (χ0n) is 21.8. The van der Waals surface area contributed by atoms with Gasteiger partial charge in [0.2, 0.25) is 0 Å². The van der Waals surface area contributed by atoms with Crippen molar-refractivity contribution in [2.45, 2.75) is 69.4 Å². The van der Waals surface area contributed by atoms with Crippen molar-refractivity contribution >= 4 is 46.4 Å². The lowest BCUT2D eigenvalue weighted by Gasteiger charge is -2.33. The van der Waals surface area contributed by atoms with Gasteiger partial charge in [-0.05, 0) is 27.7 Å². The normalized spacial score (nSPS) is 20.5. The number of benzene rings is 1. The fourth-order valence-corrected chi connectivity index (χ4v) is 5.92. The van der Waals surface area contributed by atoms with Crippen LogP contribution in [-0.2, 0) is 5.60 Å². The van der Waals surface area contributed by atoms with Crippen LogP contribution in [0.1, 0.15) is 60.0 Å². The van der Waals surface area contributed by atoms with Gasteiger partial charge in [-0.25, -0.2) is 9.37 Å². The second kappa shape index (κ2) is 10.8. The molecule has 7 nitrogen and oxygen atoms in total. The highest BCUT2D eigenvalue weighted by molar-refractivity contribution is 7.17. The van der Waals surface area contributed by atoms with Crippen molar-refractivity contribution in [3.05, 3.63) is 38.4 Å². The number of alkyl halides is 7. The van der Waals surface area contributed by atoms with Crippen LogP contribution in [0.4, 0.5) is 30.7 Å². The minimum absolute atomic E-state index is 0.0358. The zero-order valence-corrected chi connectivity index (χ0v) is 24.1. The van der Waals surface area contributed by atoms with E-state index in [-0.39, 0.29) is 41.0 Å². The molecule has 1 aliphatic rings. The van der Waals surface area contributed by atoms with Crippen molar-refractivity contribution in [2.75, 3.05) is 13.1 Å². The van der Waals surface area contributed by atoms with E-state index in [1.807, 2.05) is 0 Å². The summed E-state index contributed by atoms with van der Waals surface area (Å²) in [4.78, 5) is 31.1. The minimum Gasteiger partial charge on any atom is -0.389 e. The lowest BCUT2D eigenvalue weighted by molar-refractivity contribution is -0.376. The number of nitrogens with one attached hydrogen (secondary N) is 1. The second-order valence-corrected chi connectivity index (χ2v) is 12.3. The molecule has 3 rings (SSSR count). The van der Waals surface area contributed by atoms with Gasteiger partial charge < -0.3 is 20.4 Å². The Kier molecular flexibility index (Phi) is 8.78. The van der Waals surface area contributed by atoms with Crippen molar-refractivity contribution in [3.8, 4) is 10.4 Å². The van der Waals surface area contributed by atoms with Crippen molar-refractivity contribution in [3.63, 3.8) is 0 Å². The van der Waals surface area contributed by atoms with E-state index in [0.717, 1.165) is 4.90 Å². The molecule has 2 atom stereocenters. The van der Waals surface area contributed by atoms with Gasteiger partial charge >= 0.3 is 12.4 Å². The third kappa shape index (κ3) is 6.43. The Morgan fingerprint density at radius 3 is 2.15 bits per heavy atom. The molecule has 0 bridgehead atoms. The van der Waals surface area contributed by atoms with Crippen molar-refractivity contribution < 1.29 is 50.5 Å². The topological polar surface area (TPSA) is 103 Å². The highest BCUT2D eigenvalue weighted by atomic mass is 35.5. The number of nitrogens with zero attached hydrogens (tertiary/aromatic N) is 2. The monoisotopic (exact) mass is 653 g/mol. The third-order valence-corrected chi connectivity index (χ3v) is 8.23. The van der Waals surface area contributed by atoms with Crippen molar-refractivity contribution in [1.29, 1.82) is 0 Å². The van der Waals surface area contributed by atoms with Crippen molar-refractivity contribution in [1.82, 2.24) is 15.2 Å². The number of thiazole rings is 1. The third-order valence-electron chi connectivity index (χ3n) is 6.26. The quantitative estimate of drug-likeness (QED) is 0.337. The average Bonchev–Trinajstić information content (AvgIpc) is 3.36. The maximum absolute atomic E-state index is 14.7. The molecule has 1 fully saturated rings. The number of hydrogen-bond donors (Lipinski definition) is 3. The molecule has 0 saturated carbocycles. The summed E-state index contributed by atoms with van der Waals surface area (Å²) in [5.41, 5.74) is -11.2. The number of rotatable bonds is 6. The van der Waals surface area contributed by atoms with Crippen molar-refractivity contribution in [2.24, 2.45) is 0 Å². The summed E-state index contributed by atoms with van der Waals surface area (Å²) in [6.07, 6.45) is -12.5. The number of aliphatic hydroxyl groups is 2. The number of aromatic nitrogens is 1. The van der Waals surface area contributed by atoms with Crippen LogP contribution in [0.25, 0.3) is 10.4 Å². The predicted molar refractivity (Wildman–Crippen MR) is 137 cm³/mol. The highest BCUT2D eigenvalue weighted by Gasteiger charge is 2.72. The van der Waals surface area contributed by atoms with E-state index in [2.05, 4.69) is 10.3 Å². The minimum atomic E-state index is -6.25. The van der Waals surface area contributed by atoms with Crippen LogP contribution in [-0.4, -0.2) is 74.7 Å². The summed E-state index contributed by atoms with van der Waals surface area (Å²) < 4.78 is 95.6. The first-order chi connectivity index (χ1) is 18.4. The molecule has 41 heavy (non-hydrogen) atoms. The maximum atomic E-state index is 14.7. The first-order valence-electron chi connectivity index (χ1n) is 11.8. The van der Waals surface area contributed by atoms with Gasteiger partial charge in [0.25, 0.3) is 17.4 Å². The molecule has 0 spiro atoms. The van der Waals surface area contributed by atoms with E-state index in [0.29, 0.717) is 17.4 Å². The van der Waals surface area contributed by atoms with Gasteiger partial charge in [0.1, 0.15) is 11.4 Å². The van der Waals surface area contributed by atoms with E-state index in [4.69, 9.17) is 23.2 Å². The fraction of sp³-hybridized carbons (Fsp3) is 0.542. The second-order valence-electron chi connectivity index (χ2n) is 10.6. The smallest absolute Gasteiger partial charge is 0.389 e. The number of carbonyl (C=O) groups is 2. The molecule has 1 aliphatic heterocycles. The predicted octanol–water partition coefficient (Wildman–Crippen LogP) is 5.89. The van der Waals surface area contributed by atoms with E-state index in [1.54, 1.807) is 6.92 Å². The SMILES string of the molecule is C[C@H]1CC(C)(F)CN1C(=O)c1nc(C(=O)NCC(C)(C)O)sc1-c1ccc(C(O)(C(F)(F)F)C(F)(F)F)c(Cl)c1Cl. The van der Waals surface area contributed by atoms with E-state index in [9.17, 15) is 50.5 Å². The van der Waals surface area contributed by atoms with Gasteiger partial charge in [-0.2, -0.15) is 26.3 Å². The molecular weight excluding hydrogens is 630 g/mol. The molecule has 1 unspecified atom stereocenters. The molecule has 2 amide bonds. The Hall–Kier alpha value is -2.20. The number of amides is 2. The largest absolute Gasteiger partial charge is 0.430 e. The molecule has 228 valence electrons. The van der Waals surface area contributed by atoms with Crippen LogP contribution in [0.5, 0.6) is 0 Å². The van der Waals surface area contributed by atoms with Gasteiger partial charge in [-0.3, -0.25) is 9.59 Å². The van der Waals surface area contributed by atoms with Crippen LogP contribution in [0, 0.1) is 0 Å². The Morgan fingerprint density at radius 1 is 1.12 bits per heavy atom. The standard InChI is InChI=1S/C24H24Cl2F7N3O4S/c1-10-7-21(4,27)9-36(10)19(38)15-16(41-18(35-15)17(37)34-8-20(2,3)39)11-5-6-12(14(26)13(11)25)22(40,23(28,29)30)24(31,32)33/h5-6,10,39-40H,7-9H2,1-4H3,(H,34,37)/t10-,21?/m0/s1. The number of likely N-dealkylation sites (tertiary alicyclic amines) is 1. The average molecular weight is 654 g/mol. The van der Waals surface area contributed by atoms with Crippen LogP contribution in [0.15, 0.2) is 12.1 Å². The van der Waals surface area contributed by atoms with E-state index < -0.39 is 68.4 Å². The molecule has 1 saturated heterocycles. The van der Waals surface area contributed by atoms with Crippen LogP contribution in [0.3, 0.4) is 0 Å². The van der Waals surface area contributed by atoms with Crippen LogP contribution < -0.4 is 5.32 Å². The van der Waals surface area contributed by atoms with Gasteiger partial charge in [0.15, 0.2) is 5.01 Å². The Labute approximate surface area is 243 Å². The molecule has 0 radical (unpaired) electrons. The molecular formula is C24H24Cl2F7N3O4S. The first kappa shape index (κ1) is 33.3. The van der Waals surface area contributed by atoms with E-state index >= 15 is 0 Å². The van der Waals surface area contributed by atoms with Gasteiger partial charge in [-0.15, -0.1) is 11.3 Å². The lowest BCUT2D eigenvalue weighted by atomic mass is 9.91. The van der Waals surface area contributed by atoms with Gasteiger partial charge in [0, 0.05) is 30.1 Å². The molecule has 17 heteroatoms. The first-order valence-corrected chi connectivity index (χ1v) is 13.3. The van der Waals surface area contributed by atoms with Crippen LogP contribution >= 0.6 is 34.5 Å². The Bertz CT molecular complexity index is 1340. The zero-order chi connectivity index (χ0) is 31.5. The maximum Gasteiger partial charge on any atom is 0.430 e. The molecule has 2 aromatic rings. The fourth-order valence-electron chi connectivity index (χ4n) is 4.30. The summed E-state index contributed by atoms with van der Waals surface area (Å²) in [7, 11) is 0. The number of halogens is 9. The lowest BCUT2D eigenvalue weighted by Crippen LogP contribution is -2.54. The Morgan fingerprint density at radius 2 is 1.68 bits per heavy atom. The summed E-state index contributed by atoms with van der Waals surface area (Å²) in [6.45, 7) is 5.00. The molecule has 1 aromatic carbocycles. The molecule has 0 aliphatic carbocycles. The van der Waals surface area contributed by atoms with E-state index in [1.165, 1.54) is 20.8 Å². The van der Waals surface area contributed by atoms with Gasteiger partial charge in [-0.1, -0.05) is 35.3 Å².